The molecule has 3 aromatic carbocycles. The van der Waals surface area contributed by atoms with Gasteiger partial charge in [0.1, 0.15) is 5.75 Å². The fourth-order valence-corrected chi connectivity index (χ4v) is 4.24. The number of para-hydroxylation sites is 1. The van der Waals surface area contributed by atoms with E-state index < -0.39 is 23.6 Å². The monoisotopic (exact) mass is 446 g/mol. The third-order valence-corrected chi connectivity index (χ3v) is 6.15. The number of benzene rings is 3. The number of hydrogen-bond acceptors (Lipinski definition) is 1. The Morgan fingerprint density at radius 2 is 1.41 bits per heavy atom. The summed E-state index contributed by atoms with van der Waals surface area (Å²) in [7, 11) is 0. The van der Waals surface area contributed by atoms with Gasteiger partial charge in [-0.15, -0.1) is 0 Å². The zero-order valence-corrected chi connectivity index (χ0v) is 17.6. The average Bonchev–Trinajstić information content (AvgIpc) is 2.78. The van der Waals surface area contributed by atoms with Crippen LogP contribution in [0.25, 0.3) is 11.1 Å². The molecule has 32 heavy (non-hydrogen) atoms. The summed E-state index contributed by atoms with van der Waals surface area (Å²) in [4.78, 5) is 0. The molecule has 1 fully saturated rings. The molecule has 4 rings (SSSR count). The van der Waals surface area contributed by atoms with Crippen LogP contribution in [-0.2, 0) is 6.11 Å². The quantitative estimate of drug-likeness (QED) is 0.284. The van der Waals surface area contributed by atoms with Crippen LogP contribution in [0.5, 0.6) is 5.75 Å². The second-order valence-electron chi connectivity index (χ2n) is 8.45. The van der Waals surface area contributed by atoms with Crippen LogP contribution in [-0.4, -0.2) is 0 Å². The number of rotatable bonds is 5. The molecule has 1 nitrogen and oxygen atoms in total. The van der Waals surface area contributed by atoms with E-state index in [1.807, 2.05) is 0 Å². The van der Waals surface area contributed by atoms with Gasteiger partial charge in [-0.3, -0.25) is 0 Å². The first kappa shape index (κ1) is 22.3. The third-order valence-electron chi connectivity index (χ3n) is 6.15. The van der Waals surface area contributed by atoms with Crippen LogP contribution in [0.1, 0.15) is 49.7 Å². The van der Waals surface area contributed by atoms with E-state index in [1.165, 1.54) is 36.4 Å². The molecule has 0 aromatic heterocycles. The Morgan fingerprint density at radius 1 is 0.812 bits per heavy atom. The Bertz CT molecular complexity index is 1060. The van der Waals surface area contributed by atoms with Crippen LogP contribution in [0.15, 0.2) is 60.7 Å². The first-order chi connectivity index (χ1) is 15.2. The summed E-state index contributed by atoms with van der Waals surface area (Å²) in [6.45, 7) is 2.23. The summed E-state index contributed by atoms with van der Waals surface area (Å²) in [5.74, 6) is -3.63. The topological polar surface area (TPSA) is 9.23 Å². The molecule has 0 bridgehead atoms. The summed E-state index contributed by atoms with van der Waals surface area (Å²) in [6.07, 6.45) is 0.685. The summed E-state index contributed by atoms with van der Waals surface area (Å²) >= 11 is 0. The van der Waals surface area contributed by atoms with Crippen molar-refractivity contribution < 1.29 is 26.7 Å². The van der Waals surface area contributed by atoms with E-state index in [0.717, 1.165) is 43.4 Å². The van der Waals surface area contributed by atoms with Crippen molar-refractivity contribution in [3.8, 4) is 16.9 Å². The first-order valence-corrected chi connectivity index (χ1v) is 10.7. The molecule has 1 aliphatic carbocycles. The summed E-state index contributed by atoms with van der Waals surface area (Å²) in [5, 5.41) is 0. The van der Waals surface area contributed by atoms with Gasteiger partial charge in [0, 0.05) is 5.56 Å². The average molecular weight is 446 g/mol. The van der Waals surface area contributed by atoms with E-state index in [4.69, 9.17) is 4.74 Å². The molecule has 0 radical (unpaired) electrons. The van der Waals surface area contributed by atoms with Crippen molar-refractivity contribution in [2.24, 2.45) is 5.92 Å². The summed E-state index contributed by atoms with van der Waals surface area (Å²) in [6, 6.07) is 13.3. The van der Waals surface area contributed by atoms with Crippen LogP contribution in [0.3, 0.4) is 0 Å². The van der Waals surface area contributed by atoms with E-state index in [1.54, 1.807) is 12.1 Å². The molecule has 168 valence electrons. The predicted octanol–water partition coefficient (Wildman–Crippen LogP) is 8.19. The van der Waals surface area contributed by atoms with Gasteiger partial charge in [-0.05, 0) is 66.1 Å². The Balaban J connectivity index is 1.58. The Hall–Kier alpha value is -2.89. The smallest absolute Gasteiger partial charge is 0.426 e. The number of halogens is 5. The molecular formula is C26H23F5O. The van der Waals surface area contributed by atoms with Gasteiger partial charge in [-0.1, -0.05) is 50.1 Å². The third kappa shape index (κ3) is 4.64. The Labute approximate surface area is 183 Å². The lowest BCUT2D eigenvalue weighted by Crippen LogP contribution is -2.22. The predicted molar refractivity (Wildman–Crippen MR) is 113 cm³/mol. The molecule has 0 saturated heterocycles. The van der Waals surface area contributed by atoms with Crippen LogP contribution < -0.4 is 4.74 Å². The van der Waals surface area contributed by atoms with E-state index in [0.29, 0.717) is 11.8 Å². The highest BCUT2D eigenvalue weighted by molar-refractivity contribution is 5.70. The molecule has 0 N–H and O–H groups in total. The van der Waals surface area contributed by atoms with Gasteiger partial charge in [0.2, 0.25) is 0 Å². The highest BCUT2D eigenvalue weighted by atomic mass is 19.3. The van der Waals surface area contributed by atoms with Crippen molar-refractivity contribution in [1.82, 2.24) is 0 Å². The normalized spacial score (nSPS) is 19.1. The maximum absolute atomic E-state index is 15.0. The lowest BCUT2D eigenvalue weighted by Gasteiger charge is -2.27. The van der Waals surface area contributed by atoms with Crippen molar-refractivity contribution in [3.05, 3.63) is 89.2 Å². The lowest BCUT2D eigenvalue weighted by molar-refractivity contribution is -0.185. The van der Waals surface area contributed by atoms with Crippen molar-refractivity contribution in [3.63, 3.8) is 0 Å². The minimum atomic E-state index is -3.67. The highest BCUT2D eigenvalue weighted by Gasteiger charge is 2.35. The van der Waals surface area contributed by atoms with E-state index in [9.17, 15) is 22.0 Å². The summed E-state index contributed by atoms with van der Waals surface area (Å²) in [5.41, 5.74) is 0.637. The fourth-order valence-electron chi connectivity index (χ4n) is 4.24. The Morgan fingerprint density at radius 3 is 2.03 bits per heavy atom. The van der Waals surface area contributed by atoms with E-state index >= 15 is 0 Å². The molecule has 0 aliphatic heterocycles. The van der Waals surface area contributed by atoms with Crippen molar-refractivity contribution in [1.29, 1.82) is 0 Å². The number of alkyl halides is 2. The molecular weight excluding hydrogens is 423 g/mol. The van der Waals surface area contributed by atoms with E-state index in [2.05, 4.69) is 6.92 Å². The molecule has 1 saturated carbocycles. The molecule has 0 amide bonds. The SMILES string of the molecule is C[C@H]1CC[C@H](c2ccc(C(F)(F)Oc3ccccc3-c3cc(F)c(F)c(F)c3)cc2)CC1. The van der Waals surface area contributed by atoms with Gasteiger partial charge < -0.3 is 4.74 Å². The molecule has 0 atom stereocenters. The van der Waals surface area contributed by atoms with Gasteiger partial charge in [0.25, 0.3) is 0 Å². The molecule has 3 aromatic rings. The largest absolute Gasteiger partial charge is 0.428 e. The first-order valence-electron chi connectivity index (χ1n) is 10.7. The van der Waals surface area contributed by atoms with Crippen LogP contribution >= 0.6 is 0 Å². The molecule has 0 heterocycles. The minimum absolute atomic E-state index is 0.0259. The maximum Gasteiger partial charge on any atom is 0.426 e. The van der Waals surface area contributed by atoms with Crippen molar-refractivity contribution >= 4 is 0 Å². The molecule has 0 spiro atoms. The van der Waals surface area contributed by atoms with E-state index in [-0.39, 0.29) is 22.4 Å². The molecule has 1 aliphatic rings. The zero-order chi connectivity index (χ0) is 22.9. The fraction of sp³-hybridized carbons (Fsp3) is 0.308. The van der Waals surface area contributed by atoms with Gasteiger partial charge >= 0.3 is 6.11 Å². The standard InChI is InChI=1S/C26H23F5O/c1-16-6-8-17(9-7-16)18-10-12-20(13-11-18)26(30,31)32-24-5-3-2-4-21(24)19-14-22(27)25(29)23(28)15-19/h2-5,10-17H,6-9H2,1H3/t16-,17-. The number of ether oxygens (including phenoxy) is 1. The number of hydrogen-bond donors (Lipinski definition) is 0. The minimum Gasteiger partial charge on any atom is -0.428 e. The summed E-state index contributed by atoms with van der Waals surface area (Å²) < 4.78 is 75.6. The lowest BCUT2D eigenvalue weighted by atomic mass is 9.79. The van der Waals surface area contributed by atoms with Gasteiger partial charge in [0.15, 0.2) is 17.5 Å². The van der Waals surface area contributed by atoms with Crippen molar-refractivity contribution in [2.75, 3.05) is 0 Å². The zero-order valence-electron chi connectivity index (χ0n) is 17.6. The van der Waals surface area contributed by atoms with Crippen LogP contribution in [0.4, 0.5) is 22.0 Å². The maximum atomic E-state index is 15.0. The Kier molecular flexibility index (Phi) is 6.22. The highest BCUT2D eigenvalue weighted by Crippen LogP contribution is 2.40. The van der Waals surface area contributed by atoms with Gasteiger partial charge in [-0.2, -0.15) is 8.78 Å². The van der Waals surface area contributed by atoms with Crippen molar-refractivity contribution in [2.45, 2.75) is 44.6 Å². The van der Waals surface area contributed by atoms with Crippen LogP contribution in [0.2, 0.25) is 0 Å². The second kappa shape index (κ2) is 8.93. The molecule has 0 unspecified atom stereocenters. The second-order valence-corrected chi connectivity index (χ2v) is 8.45. The molecule has 6 heteroatoms. The van der Waals surface area contributed by atoms with Gasteiger partial charge in [0.05, 0.1) is 5.56 Å². The van der Waals surface area contributed by atoms with Gasteiger partial charge in [-0.25, -0.2) is 13.2 Å². The van der Waals surface area contributed by atoms with Crippen LogP contribution in [0, 0.1) is 23.4 Å².